The van der Waals surface area contributed by atoms with E-state index in [-0.39, 0.29) is 5.41 Å². The summed E-state index contributed by atoms with van der Waals surface area (Å²) >= 11 is 0. The molecule has 18 heavy (non-hydrogen) atoms. The third-order valence-electron chi connectivity index (χ3n) is 2.74. The van der Waals surface area contributed by atoms with E-state index in [4.69, 9.17) is 10.5 Å². The third kappa shape index (κ3) is 3.00. The highest BCUT2D eigenvalue weighted by Gasteiger charge is 2.14. The monoisotopic (exact) mass is 243 g/mol. The van der Waals surface area contributed by atoms with Gasteiger partial charge < -0.3 is 10.5 Å². The number of pyridine rings is 1. The van der Waals surface area contributed by atoms with E-state index in [2.05, 4.69) is 37.9 Å². The zero-order chi connectivity index (χ0) is 13.2. The first kappa shape index (κ1) is 12.4. The number of anilines is 1. The van der Waals surface area contributed by atoms with Crippen molar-refractivity contribution in [1.29, 1.82) is 0 Å². The van der Waals surface area contributed by atoms with Crippen molar-refractivity contribution in [2.75, 3.05) is 5.73 Å². The number of hydrogen-bond donors (Lipinski definition) is 1. The van der Waals surface area contributed by atoms with Crippen LogP contribution in [0.2, 0.25) is 0 Å². The predicted molar refractivity (Wildman–Crippen MR) is 72.6 cm³/mol. The van der Waals surface area contributed by atoms with Gasteiger partial charge in [-0.1, -0.05) is 32.9 Å². The van der Waals surface area contributed by atoms with Crippen LogP contribution in [-0.4, -0.2) is 0 Å². The van der Waals surface area contributed by atoms with E-state index >= 15 is 0 Å². The maximum atomic E-state index is 5.76. The molecule has 0 radical (unpaired) electrons. The topological polar surface area (TPSA) is 49.4 Å². The van der Waals surface area contributed by atoms with Gasteiger partial charge in [0, 0.05) is 0 Å². The van der Waals surface area contributed by atoms with Crippen molar-refractivity contribution in [3.05, 3.63) is 48.2 Å². The zero-order valence-corrected chi connectivity index (χ0v) is 11.0. The molecule has 3 N–H and O–H groups in total. The Labute approximate surface area is 108 Å². The van der Waals surface area contributed by atoms with Crippen molar-refractivity contribution < 1.29 is 9.72 Å². The van der Waals surface area contributed by atoms with Crippen LogP contribution in [0.1, 0.15) is 26.3 Å². The Hall–Kier alpha value is -2.03. The van der Waals surface area contributed by atoms with Crippen molar-refractivity contribution in [2.24, 2.45) is 0 Å². The fourth-order valence-corrected chi connectivity index (χ4v) is 1.64. The molecule has 3 heteroatoms. The summed E-state index contributed by atoms with van der Waals surface area (Å²) in [6, 6.07) is 11.7. The maximum absolute atomic E-state index is 5.76. The molecule has 0 spiro atoms. The molecule has 1 aromatic carbocycles. The van der Waals surface area contributed by atoms with Gasteiger partial charge in [0.15, 0.2) is 6.20 Å². The molecule has 3 nitrogen and oxygen atoms in total. The van der Waals surface area contributed by atoms with Crippen molar-refractivity contribution in [2.45, 2.75) is 26.2 Å². The van der Waals surface area contributed by atoms with Crippen molar-refractivity contribution in [1.82, 2.24) is 0 Å². The summed E-state index contributed by atoms with van der Waals surface area (Å²) in [6.45, 7) is 6.55. The second-order valence-corrected chi connectivity index (χ2v) is 5.37. The maximum Gasteiger partial charge on any atom is 0.371 e. The van der Waals surface area contributed by atoms with Gasteiger partial charge in [0.1, 0.15) is 5.75 Å². The van der Waals surface area contributed by atoms with Crippen LogP contribution >= 0.6 is 0 Å². The summed E-state index contributed by atoms with van der Waals surface area (Å²) < 4.78 is 5.76. The van der Waals surface area contributed by atoms with Crippen LogP contribution in [-0.2, 0) is 5.41 Å². The van der Waals surface area contributed by atoms with Gasteiger partial charge in [-0.2, -0.15) is 4.98 Å². The number of aromatic amines is 1. The molecule has 1 aromatic heterocycles. The molecular weight excluding hydrogens is 224 g/mol. The molecule has 0 aliphatic heterocycles. The second-order valence-electron chi connectivity index (χ2n) is 5.37. The second kappa shape index (κ2) is 4.69. The van der Waals surface area contributed by atoms with E-state index in [1.54, 1.807) is 12.3 Å². The number of hydrogen-bond acceptors (Lipinski definition) is 2. The molecule has 0 saturated carbocycles. The number of H-pyrrole nitrogens is 1. The highest BCUT2D eigenvalue weighted by molar-refractivity contribution is 5.36. The lowest BCUT2D eigenvalue weighted by Crippen LogP contribution is -2.11. The number of aromatic nitrogens is 1. The van der Waals surface area contributed by atoms with E-state index in [9.17, 15) is 0 Å². The van der Waals surface area contributed by atoms with Gasteiger partial charge in [0.2, 0.25) is 0 Å². The molecule has 94 valence electrons. The highest BCUT2D eigenvalue weighted by atomic mass is 16.5. The SMILES string of the molecule is CC(C)(C)c1cccc(Oc2ccc(N)c[nH+]2)c1. The Kier molecular flexibility index (Phi) is 3.24. The van der Waals surface area contributed by atoms with Gasteiger partial charge >= 0.3 is 5.88 Å². The van der Waals surface area contributed by atoms with Gasteiger partial charge in [-0.3, -0.25) is 0 Å². The predicted octanol–water partition coefficient (Wildman–Crippen LogP) is 3.17. The number of nitrogen functional groups attached to an aromatic ring is 1. The van der Waals surface area contributed by atoms with E-state index in [1.807, 2.05) is 18.2 Å². The molecule has 0 atom stereocenters. The summed E-state index contributed by atoms with van der Waals surface area (Å²) in [4.78, 5) is 3.00. The molecule has 0 aliphatic rings. The number of ether oxygens (including phenoxy) is 1. The molecule has 0 amide bonds. The van der Waals surface area contributed by atoms with Crippen LogP contribution in [0.5, 0.6) is 11.6 Å². The lowest BCUT2D eigenvalue weighted by atomic mass is 9.87. The molecule has 2 aromatic rings. The molecule has 0 saturated heterocycles. The number of benzene rings is 1. The summed E-state index contributed by atoms with van der Waals surface area (Å²) in [5.41, 5.74) is 7.66. The van der Waals surface area contributed by atoms with Crippen LogP contribution in [0.25, 0.3) is 0 Å². The highest BCUT2D eigenvalue weighted by Crippen LogP contribution is 2.27. The number of nitrogens with two attached hydrogens (primary N) is 1. The van der Waals surface area contributed by atoms with E-state index in [0.717, 1.165) is 5.75 Å². The van der Waals surface area contributed by atoms with Gasteiger partial charge in [-0.05, 0) is 29.2 Å². The van der Waals surface area contributed by atoms with Crippen molar-refractivity contribution >= 4 is 5.69 Å². The Balaban J connectivity index is 2.22. The number of nitrogens with one attached hydrogen (secondary N) is 1. The third-order valence-corrected chi connectivity index (χ3v) is 2.74. The summed E-state index contributed by atoms with van der Waals surface area (Å²) in [7, 11) is 0. The first-order valence-corrected chi connectivity index (χ1v) is 6.01. The fraction of sp³-hybridized carbons (Fsp3) is 0.267. The standard InChI is InChI=1S/C15H18N2O/c1-15(2,3)11-5-4-6-13(9-11)18-14-8-7-12(16)10-17-14/h4-10H,16H2,1-3H3/p+1. The summed E-state index contributed by atoms with van der Waals surface area (Å²) in [6.07, 6.45) is 1.71. The summed E-state index contributed by atoms with van der Waals surface area (Å²) in [5, 5.41) is 0. The van der Waals surface area contributed by atoms with Gasteiger partial charge in [0.05, 0.1) is 11.8 Å². The van der Waals surface area contributed by atoms with E-state index in [1.165, 1.54) is 5.56 Å². The zero-order valence-electron chi connectivity index (χ0n) is 11.0. The summed E-state index contributed by atoms with van der Waals surface area (Å²) in [5.74, 6) is 1.50. The normalized spacial score (nSPS) is 11.3. The Morgan fingerprint density at radius 2 is 1.89 bits per heavy atom. The van der Waals surface area contributed by atoms with Crippen LogP contribution in [0.4, 0.5) is 5.69 Å². The van der Waals surface area contributed by atoms with Crippen molar-refractivity contribution in [3.63, 3.8) is 0 Å². The average Bonchev–Trinajstić information content (AvgIpc) is 2.31. The molecule has 1 heterocycles. The lowest BCUT2D eigenvalue weighted by Gasteiger charge is -2.19. The van der Waals surface area contributed by atoms with E-state index in [0.29, 0.717) is 11.6 Å². The molecule has 0 fully saturated rings. The van der Waals surface area contributed by atoms with Crippen LogP contribution in [0, 0.1) is 0 Å². The fourth-order valence-electron chi connectivity index (χ4n) is 1.64. The minimum atomic E-state index is 0.115. The minimum Gasteiger partial charge on any atom is -0.405 e. The van der Waals surface area contributed by atoms with Gasteiger partial charge in [-0.15, -0.1) is 0 Å². The first-order chi connectivity index (χ1) is 8.45. The first-order valence-electron chi connectivity index (χ1n) is 6.01. The largest absolute Gasteiger partial charge is 0.405 e. The van der Waals surface area contributed by atoms with Crippen LogP contribution in [0.3, 0.4) is 0 Å². The Bertz CT molecular complexity index is 527. The lowest BCUT2D eigenvalue weighted by molar-refractivity contribution is -0.390. The Morgan fingerprint density at radius 1 is 1.11 bits per heavy atom. The molecule has 0 aliphatic carbocycles. The smallest absolute Gasteiger partial charge is 0.371 e. The molecule has 2 rings (SSSR count). The van der Waals surface area contributed by atoms with Gasteiger partial charge in [0.25, 0.3) is 0 Å². The molecular formula is C15H19N2O+. The Morgan fingerprint density at radius 3 is 2.50 bits per heavy atom. The van der Waals surface area contributed by atoms with Gasteiger partial charge in [-0.25, -0.2) is 0 Å². The quantitative estimate of drug-likeness (QED) is 0.880. The van der Waals surface area contributed by atoms with Crippen LogP contribution in [0.15, 0.2) is 42.6 Å². The minimum absolute atomic E-state index is 0.115. The van der Waals surface area contributed by atoms with Crippen LogP contribution < -0.4 is 15.5 Å². The molecule has 0 bridgehead atoms. The number of rotatable bonds is 2. The van der Waals surface area contributed by atoms with Crippen molar-refractivity contribution in [3.8, 4) is 11.6 Å². The molecule has 0 unspecified atom stereocenters. The van der Waals surface area contributed by atoms with E-state index < -0.39 is 0 Å². The average molecular weight is 243 g/mol.